The largest absolute Gasteiger partial charge is 0.480 e. The molecule has 1 aromatic heterocycles. The van der Waals surface area contributed by atoms with Crippen LogP contribution in [0.5, 0.6) is 0 Å². The fraction of sp³-hybridized carbons (Fsp3) is 0.333. The molecule has 0 saturated carbocycles. The average molecular weight is 288 g/mol. The Morgan fingerprint density at radius 1 is 1.33 bits per heavy atom. The lowest BCUT2D eigenvalue weighted by molar-refractivity contribution is -0.147. The fourth-order valence-corrected chi connectivity index (χ4v) is 2.69. The number of carbonyl (C=O) groups excluding carboxylic acids is 1. The van der Waals surface area contributed by atoms with E-state index in [1.54, 1.807) is 6.07 Å². The first kappa shape index (κ1) is 13.6. The molecule has 1 aromatic carbocycles. The Hall–Kier alpha value is -2.34. The van der Waals surface area contributed by atoms with Crippen LogP contribution in [-0.2, 0) is 16.6 Å². The Labute approximate surface area is 121 Å². The van der Waals surface area contributed by atoms with Gasteiger partial charge in [-0.25, -0.2) is 4.79 Å². The maximum Gasteiger partial charge on any atom is 0.328 e. The van der Waals surface area contributed by atoms with Gasteiger partial charge in [0.05, 0.1) is 13.2 Å². The van der Waals surface area contributed by atoms with E-state index in [9.17, 15) is 14.7 Å². The molecule has 1 N–H and O–H groups in total. The van der Waals surface area contributed by atoms with Gasteiger partial charge in [-0.05, 0) is 18.2 Å². The molecular weight excluding hydrogens is 272 g/mol. The van der Waals surface area contributed by atoms with Crippen molar-refractivity contribution in [2.24, 2.45) is 7.05 Å². The van der Waals surface area contributed by atoms with E-state index in [0.717, 1.165) is 10.9 Å². The van der Waals surface area contributed by atoms with Gasteiger partial charge in [0.15, 0.2) is 6.04 Å². The second-order valence-electron chi connectivity index (χ2n) is 5.09. The predicted molar refractivity (Wildman–Crippen MR) is 76.2 cm³/mol. The molecule has 1 amide bonds. The van der Waals surface area contributed by atoms with Gasteiger partial charge in [0.1, 0.15) is 0 Å². The Balaban J connectivity index is 2.01. The molecule has 1 aliphatic heterocycles. The third kappa shape index (κ3) is 2.27. The van der Waals surface area contributed by atoms with Crippen molar-refractivity contribution in [1.29, 1.82) is 0 Å². The van der Waals surface area contributed by atoms with Gasteiger partial charge in [0.25, 0.3) is 5.91 Å². The molecule has 21 heavy (non-hydrogen) atoms. The molecule has 6 heteroatoms. The summed E-state index contributed by atoms with van der Waals surface area (Å²) < 4.78 is 7.10. The van der Waals surface area contributed by atoms with Crippen molar-refractivity contribution in [3.63, 3.8) is 0 Å². The number of nitrogens with zero attached hydrogens (tertiary/aromatic N) is 2. The molecule has 0 spiro atoms. The minimum atomic E-state index is -1.04. The van der Waals surface area contributed by atoms with Crippen molar-refractivity contribution in [3.8, 4) is 0 Å². The van der Waals surface area contributed by atoms with E-state index in [0.29, 0.717) is 18.7 Å². The standard InChI is InChI=1S/C15H16N2O4/c1-16-6-5-10-11(3-2-4-12(10)16)14(18)17-7-8-21-9-13(17)15(19)20/h2-6,13H,7-9H2,1H3,(H,19,20). The van der Waals surface area contributed by atoms with Gasteiger partial charge < -0.3 is 19.3 Å². The monoisotopic (exact) mass is 288 g/mol. The molecule has 110 valence electrons. The highest BCUT2D eigenvalue weighted by atomic mass is 16.5. The van der Waals surface area contributed by atoms with Crippen molar-refractivity contribution >= 4 is 22.8 Å². The third-order valence-electron chi connectivity index (χ3n) is 3.83. The number of aliphatic carboxylic acids is 1. The van der Waals surface area contributed by atoms with Crippen molar-refractivity contribution < 1.29 is 19.4 Å². The summed E-state index contributed by atoms with van der Waals surface area (Å²) in [6.07, 6.45) is 1.88. The van der Waals surface area contributed by atoms with Gasteiger partial charge in [-0.2, -0.15) is 0 Å². The molecule has 0 radical (unpaired) electrons. The zero-order valence-corrected chi connectivity index (χ0v) is 11.7. The molecule has 6 nitrogen and oxygen atoms in total. The molecule has 2 aromatic rings. The van der Waals surface area contributed by atoms with Crippen molar-refractivity contribution in [1.82, 2.24) is 9.47 Å². The number of carbonyl (C=O) groups is 2. The van der Waals surface area contributed by atoms with Crippen LogP contribution >= 0.6 is 0 Å². The molecule has 1 fully saturated rings. The quantitative estimate of drug-likeness (QED) is 0.898. The van der Waals surface area contributed by atoms with Crippen LogP contribution in [-0.4, -0.2) is 52.3 Å². The number of benzene rings is 1. The molecule has 1 atom stereocenters. The van der Waals surface area contributed by atoms with E-state index < -0.39 is 12.0 Å². The summed E-state index contributed by atoms with van der Waals surface area (Å²) >= 11 is 0. The summed E-state index contributed by atoms with van der Waals surface area (Å²) in [6, 6.07) is 6.43. The molecule has 3 rings (SSSR count). The molecule has 1 aliphatic rings. The first-order valence-corrected chi connectivity index (χ1v) is 6.75. The number of ether oxygens (including phenoxy) is 1. The van der Waals surface area contributed by atoms with Crippen LogP contribution in [0.3, 0.4) is 0 Å². The Morgan fingerprint density at radius 2 is 2.14 bits per heavy atom. The lowest BCUT2D eigenvalue weighted by Crippen LogP contribution is -2.52. The molecule has 0 aliphatic carbocycles. The minimum Gasteiger partial charge on any atom is -0.480 e. The minimum absolute atomic E-state index is 0.0336. The molecule has 0 bridgehead atoms. The number of carboxylic acids is 1. The summed E-state index contributed by atoms with van der Waals surface area (Å²) in [4.78, 5) is 25.4. The van der Waals surface area contributed by atoms with Gasteiger partial charge in [-0.1, -0.05) is 6.07 Å². The second kappa shape index (κ2) is 5.21. The van der Waals surface area contributed by atoms with Crippen molar-refractivity contribution in [3.05, 3.63) is 36.0 Å². The average Bonchev–Trinajstić information content (AvgIpc) is 2.88. The van der Waals surface area contributed by atoms with E-state index in [2.05, 4.69) is 0 Å². The number of hydrogen-bond donors (Lipinski definition) is 1. The van der Waals surface area contributed by atoms with E-state index in [4.69, 9.17) is 4.74 Å². The predicted octanol–water partition coefficient (Wildman–Crippen LogP) is 1.10. The maximum atomic E-state index is 12.7. The SMILES string of the molecule is Cn1ccc2c(C(=O)N3CCOCC3C(=O)O)cccc21. The van der Waals surface area contributed by atoms with Crippen LogP contribution in [0.4, 0.5) is 0 Å². The van der Waals surface area contributed by atoms with Crippen molar-refractivity contribution in [2.45, 2.75) is 6.04 Å². The van der Waals surface area contributed by atoms with E-state index in [-0.39, 0.29) is 12.5 Å². The van der Waals surface area contributed by atoms with E-state index in [1.165, 1.54) is 4.90 Å². The van der Waals surface area contributed by atoms with Crippen LogP contribution in [0, 0.1) is 0 Å². The van der Waals surface area contributed by atoms with Gasteiger partial charge in [0.2, 0.25) is 0 Å². The van der Waals surface area contributed by atoms with Crippen LogP contribution in [0.15, 0.2) is 30.5 Å². The molecule has 2 heterocycles. The summed E-state index contributed by atoms with van der Waals surface area (Å²) in [5.41, 5.74) is 1.47. The van der Waals surface area contributed by atoms with E-state index >= 15 is 0 Å². The normalized spacial score (nSPS) is 18.9. The lowest BCUT2D eigenvalue weighted by Gasteiger charge is -2.33. The topological polar surface area (TPSA) is 71.8 Å². The van der Waals surface area contributed by atoms with Crippen LogP contribution in [0.25, 0.3) is 10.9 Å². The highest BCUT2D eigenvalue weighted by Gasteiger charge is 2.33. The van der Waals surface area contributed by atoms with Crippen LogP contribution in [0.2, 0.25) is 0 Å². The van der Waals surface area contributed by atoms with Gasteiger partial charge >= 0.3 is 5.97 Å². The number of aryl methyl sites for hydroxylation is 1. The highest BCUT2D eigenvalue weighted by Crippen LogP contribution is 2.22. The van der Waals surface area contributed by atoms with Crippen LogP contribution < -0.4 is 0 Å². The zero-order valence-electron chi connectivity index (χ0n) is 11.7. The van der Waals surface area contributed by atoms with Gasteiger partial charge in [0, 0.05) is 36.3 Å². The zero-order chi connectivity index (χ0) is 15.0. The highest BCUT2D eigenvalue weighted by molar-refractivity contribution is 6.07. The molecule has 1 saturated heterocycles. The van der Waals surface area contributed by atoms with Crippen molar-refractivity contribution in [2.75, 3.05) is 19.8 Å². The number of aromatic nitrogens is 1. The van der Waals surface area contributed by atoms with Gasteiger partial charge in [-0.3, -0.25) is 4.79 Å². The Bertz CT molecular complexity index is 707. The number of carboxylic acid groups (broad SMARTS) is 1. The Kier molecular flexibility index (Phi) is 3.39. The van der Waals surface area contributed by atoms with E-state index in [1.807, 2.05) is 36.0 Å². The number of fused-ring (bicyclic) bond motifs is 1. The molecular formula is C15H16N2O4. The number of rotatable bonds is 2. The maximum absolute atomic E-state index is 12.7. The summed E-state index contributed by atoms with van der Waals surface area (Å²) in [7, 11) is 1.91. The smallest absolute Gasteiger partial charge is 0.328 e. The number of morpholine rings is 1. The summed E-state index contributed by atoms with van der Waals surface area (Å²) in [5, 5.41) is 10.1. The second-order valence-corrected chi connectivity index (χ2v) is 5.09. The molecule has 1 unspecified atom stereocenters. The summed E-state index contributed by atoms with van der Waals surface area (Å²) in [6.45, 7) is 0.686. The van der Waals surface area contributed by atoms with Gasteiger partial charge in [-0.15, -0.1) is 0 Å². The number of hydrogen-bond acceptors (Lipinski definition) is 3. The first-order valence-electron chi connectivity index (χ1n) is 6.75. The Morgan fingerprint density at radius 3 is 2.90 bits per heavy atom. The fourth-order valence-electron chi connectivity index (χ4n) is 2.69. The summed E-state index contributed by atoms with van der Waals surface area (Å²) in [5.74, 6) is -1.30. The third-order valence-corrected chi connectivity index (χ3v) is 3.83. The van der Waals surface area contributed by atoms with Crippen LogP contribution in [0.1, 0.15) is 10.4 Å². The first-order chi connectivity index (χ1) is 10.1. The lowest BCUT2D eigenvalue weighted by atomic mass is 10.1. The number of amides is 1.